The first-order chi connectivity index (χ1) is 13.5. The van der Waals surface area contributed by atoms with Gasteiger partial charge in [-0.25, -0.2) is 4.98 Å². The molecular weight excluding hydrogens is 374 g/mol. The Labute approximate surface area is 167 Å². The summed E-state index contributed by atoms with van der Waals surface area (Å²) in [7, 11) is 3.53. The number of thiazole rings is 1. The first-order valence-corrected chi connectivity index (χ1v) is 10.0. The summed E-state index contributed by atoms with van der Waals surface area (Å²) < 4.78 is 7.22. The highest BCUT2D eigenvalue weighted by Crippen LogP contribution is 2.34. The molecule has 1 amide bonds. The molecule has 7 nitrogen and oxygen atoms in total. The van der Waals surface area contributed by atoms with Crippen LogP contribution in [0.1, 0.15) is 17.0 Å². The summed E-state index contributed by atoms with van der Waals surface area (Å²) in [4.78, 5) is 17.5. The smallest absolute Gasteiger partial charge is 0.231 e. The lowest BCUT2D eigenvalue weighted by molar-refractivity contribution is -0.119. The third kappa shape index (κ3) is 3.65. The molecule has 1 saturated heterocycles. The lowest BCUT2D eigenvalue weighted by Crippen LogP contribution is -2.28. The fourth-order valence-corrected chi connectivity index (χ4v) is 4.32. The van der Waals surface area contributed by atoms with Crippen LogP contribution in [0.15, 0.2) is 36.0 Å². The SMILES string of the molecule is COc1ccc(C)cc1-c1csc(NC(=O)[C@H]2CNC[C@@H]2c2cnn(C)c2)n1. The van der Waals surface area contributed by atoms with Crippen molar-refractivity contribution in [2.24, 2.45) is 13.0 Å². The topological polar surface area (TPSA) is 81.1 Å². The summed E-state index contributed by atoms with van der Waals surface area (Å²) in [6.07, 6.45) is 3.81. The molecule has 28 heavy (non-hydrogen) atoms. The Morgan fingerprint density at radius 2 is 2.25 bits per heavy atom. The van der Waals surface area contributed by atoms with Gasteiger partial charge in [-0.3, -0.25) is 9.48 Å². The number of benzene rings is 1. The van der Waals surface area contributed by atoms with Gasteiger partial charge in [0, 0.05) is 43.2 Å². The zero-order valence-corrected chi connectivity index (χ0v) is 16.9. The number of carbonyl (C=O) groups is 1. The lowest BCUT2D eigenvalue weighted by Gasteiger charge is -2.16. The highest BCUT2D eigenvalue weighted by Gasteiger charge is 2.35. The standard InChI is InChI=1S/C20H23N5O2S/c1-12-4-5-18(27-3)14(6-12)17-11-28-20(23-17)24-19(26)16-9-21-8-15(16)13-7-22-25(2)10-13/h4-7,10-11,15-16,21H,8-9H2,1-3H3,(H,23,24,26)/t15-,16+/m1/s1. The third-order valence-corrected chi connectivity index (χ3v) is 5.83. The van der Waals surface area contributed by atoms with E-state index in [1.165, 1.54) is 11.3 Å². The summed E-state index contributed by atoms with van der Waals surface area (Å²) in [6, 6.07) is 5.98. The van der Waals surface area contributed by atoms with Crippen molar-refractivity contribution in [1.29, 1.82) is 0 Å². The number of anilines is 1. The van der Waals surface area contributed by atoms with Gasteiger partial charge < -0.3 is 15.4 Å². The van der Waals surface area contributed by atoms with Gasteiger partial charge in [0.15, 0.2) is 5.13 Å². The fourth-order valence-electron chi connectivity index (χ4n) is 3.61. The van der Waals surface area contributed by atoms with Crippen LogP contribution in [0.3, 0.4) is 0 Å². The van der Waals surface area contributed by atoms with E-state index in [-0.39, 0.29) is 17.7 Å². The van der Waals surface area contributed by atoms with Crippen molar-refractivity contribution in [2.75, 3.05) is 25.5 Å². The van der Waals surface area contributed by atoms with Gasteiger partial charge in [-0.2, -0.15) is 5.10 Å². The minimum absolute atomic E-state index is 0.0176. The Hall–Kier alpha value is -2.71. The molecule has 2 atom stereocenters. The van der Waals surface area contributed by atoms with E-state index < -0.39 is 0 Å². The van der Waals surface area contributed by atoms with Gasteiger partial charge in [0.1, 0.15) is 5.75 Å². The molecule has 3 heterocycles. The number of nitrogens with one attached hydrogen (secondary N) is 2. The number of carbonyl (C=O) groups excluding carboxylic acids is 1. The molecule has 0 aliphatic carbocycles. The van der Waals surface area contributed by atoms with Crippen LogP contribution in [-0.2, 0) is 11.8 Å². The molecule has 146 valence electrons. The van der Waals surface area contributed by atoms with Crippen LogP contribution < -0.4 is 15.4 Å². The van der Waals surface area contributed by atoms with Crippen LogP contribution in [0, 0.1) is 12.8 Å². The number of methoxy groups -OCH3 is 1. The second-order valence-electron chi connectivity index (χ2n) is 7.05. The molecule has 8 heteroatoms. The molecule has 2 N–H and O–H groups in total. The number of hydrogen-bond acceptors (Lipinski definition) is 6. The minimum atomic E-state index is -0.148. The second-order valence-corrected chi connectivity index (χ2v) is 7.91. The molecule has 0 bridgehead atoms. The third-order valence-electron chi connectivity index (χ3n) is 5.07. The monoisotopic (exact) mass is 397 g/mol. The number of amides is 1. The molecule has 3 aromatic rings. The predicted octanol–water partition coefficient (Wildman–Crippen LogP) is 2.80. The molecule has 0 radical (unpaired) electrons. The van der Waals surface area contributed by atoms with Crippen molar-refractivity contribution in [1.82, 2.24) is 20.1 Å². The Bertz CT molecular complexity index is 996. The van der Waals surface area contributed by atoms with E-state index in [9.17, 15) is 4.79 Å². The van der Waals surface area contributed by atoms with Crippen LogP contribution in [0.4, 0.5) is 5.13 Å². The first kappa shape index (κ1) is 18.6. The largest absolute Gasteiger partial charge is 0.496 e. The van der Waals surface area contributed by atoms with Gasteiger partial charge in [0.05, 0.1) is 24.9 Å². The summed E-state index contributed by atoms with van der Waals surface area (Å²) in [5, 5.41) is 13.1. The van der Waals surface area contributed by atoms with Crippen molar-refractivity contribution in [3.63, 3.8) is 0 Å². The van der Waals surface area contributed by atoms with E-state index in [1.807, 2.05) is 49.9 Å². The molecule has 1 aliphatic rings. The second kappa shape index (κ2) is 7.73. The molecular formula is C20H23N5O2S. The molecule has 1 aliphatic heterocycles. The van der Waals surface area contributed by atoms with Crippen molar-refractivity contribution in [3.05, 3.63) is 47.1 Å². The van der Waals surface area contributed by atoms with E-state index in [0.29, 0.717) is 11.7 Å². The van der Waals surface area contributed by atoms with Crippen LogP contribution in [0.5, 0.6) is 5.75 Å². The van der Waals surface area contributed by atoms with Gasteiger partial charge in [-0.1, -0.05) is 11.6 Å². The normalized spacial score (nSPS) is 19.0. The quantitative estimate of drug-likeness (QED) is 0.692. The van der Waals surface area contributed by atoms with Crippen molar-refractivity contribution in [3.8, 4) is 17.0 Å². The molecule has 0 saturated carbocycles. The molecule has 1 aromatic carbocycles. The lowest BCUT2D eigenvalue weighted by atomic mass is 9.90. The van der Waals surface area contributed by atoms with Gasteiger partial charge in [-0.15, -0.1) is 11.3 Å². The molecule has 4 rings (SSSR count). The van der Waals surface area contributed by atoms with E-state index in [1.54, 1.807) is 11.8 Å². The minimum Gasteiger partial charge on any atom is -0.496 e. The highest BCUT2D eigenvalue weighted by atomic mass is 32.1. The van der Waals surface area contributed by atoms with E-state index in [4.69, 9.17) is 4.74 Å². The van der Waals surface area contributed by atoms with Crippen LogP contribution in [0.25, 0.3) is 11.3 Å². The first-order valence-electron chi connectivity index (χ1n) is 9.16. The number of rotatable bonds is 5. The van der Waals surface area contributed by atoms with Gasteiger partial charge in [0.25, 0.3) is 0 Å². The number of aromatic nitrogens is 3. The maximum absolute atomic E-state index is 12.9. The molecule has 0 unspecified atom stereocenters. The van der Waals surface area contributed by atoms with Crippen molar-refractivity contribution >= 4 is 22.4 Å². The van der Waals surface area contributed by atoms with Crippen LogP contribution in [0.2, 0.25) is 0 Å². The Morgan fingerprint density at radius 1 is 1.39 bits per heavy atom. The summed E-state index contributed by atoms with van der Waals surface area (Å²) >= 11 is 1.42. The maximum Gasteiger partial charge on any atom is 0.231 e. The van der Waals surface area contributed by atoms with Crippen molar-refractivity contribution < 1.29 is 9.53 Å². The maximum atomic E-state index is 12.9. The zero-order chi connectivity index (χ0) is 19.7. The molecule has 0 spiro atoms. The average Bonchev–Trinajstić information content (AvgIpc) is 3.41. The van der Waals surface area contributed by atoms with Crippen LogP contribution in [-0.4, -0.2) is 40.9 Å². The summed E-state index contributed by atoms with van der Waals surface area (Å²) in [5.74, 6) is 0.719. The Morgan fingerprint density at radius 3 is 3.00 bits per heavy atom. The van der Waals surface area contributed by atoms with Gasteiger partial charge >= 0.3 is 0 Å². The number of aryl methyl sites for hydroxylation is 2. The Balaban J connectivity index is 1.51. The van der Waals surface area contributed by atoms with Gasteiger partial charge in [-0.05, 0) is 24.6 Å². The number of hydrogen-bond donors (Lipinski definition) is 2. The highest BCUT2D eigenvalue weighted by molar-refractivity contribution is 7.14. The number of nitrogens with zero attached hydrogens (tertiary/aromatic N) is 3. The fraction of sp³-hybridized carbons (Fsp3) is 0.350. The Kier molecular flexibility index (Phi) is 5.15. The molecule has 1 fully saturated rings. The molecule has 2 aromatic heterocycles. The van der Waals surface area contributed by atoms with E-state index >= 15 is 0 Å². The zero-order valence-electron chi connectivity index (χ0n) is 16.1. The summed E-state index contributed by atoms with van der Waals surface area (Å²) in [5.41, 5.74) is 3.94. The summed E-state index contributed by atoms with van der Waals surface area (Å²) in [6.45, 7) is 3.45. The number of ether oxygens (including phenoxy) is 1. The average molecular weight is 398 g/mol. The van der Waals surface area contributed by atoms with E-state index in [0.717, 1.165) is 34.7 Å². The van der Waals surface area contributed by atoms with Crippen LogP contribution >= 0.6 is 11.3 Å². The van der Waals surface area contributed by atoms with Crippen molar-refractivity contribution in [2.45, 2.75) is 12.8 Å². The predicted molar refractivity (Wildman–Crippen MR) is 110 cm³/mol. The van der Waals surface area contributed by atoms with Gasteiger partial charge in [0.2, 0.25) is 5.91 Å². The van der Waals surface area contributed by atoms with E-state index in [2.05, 4.69) is 20.7 Å².